The number of carbonyl (C=O) groups excluding carboxylic acids is 1. The average Bonchev–Trinajstić information content (AvgIpc) is 2.94. The van der Waals surface area contributed by atoms with Gasteiger partial charge in [0.2, 0.25) is 5.91 Å². The van der Waals surface area contributed by atoms with Crippen LogP contribution in [0.4, 0.5) is 0 Å². The fourth-order valence-electron chi connectivity index (χ4n) is 3.31. The first kappa shape index (κ1) is 14.8. The van der Waals surface area contributed by atoms with Gasteiger partial charge in [0, 0.05) is 19.8 Å². The summed E-state index contributed by atoms with van der Waals surface area (Å²) in [5, 5.41) is 3.53. The molecule has 19 heavy (non-hydrogen) atoms. The number of ether oxygens (including phenoxy) is 1. The zero-order chi connectivity index (χ0) is 13.7. The molecular formula is C15H28N2O2. The Balaban J connectivity index is 1.73. The molecule has 1 aliphatic heterocycles. The van der Waals surface area contributed by atoms with Crippen molar-refractivity contribution in [3.63, 3.8) is 0 Å². The highest BCUT2D eigenvalue weighted by atomic mass is 16.5. The van der Waals surface area contributed by atoms with E-state index in [0.29, 0.717) is 5.91 Å². The molecular weight excluding hydrogens is 240 g/mol. The van der Waals surface area contributed by atoms with Gasteiger partial charge < -0.3 is 9.64 Å². The highest BCUT2D eigenvalue weighted by molar-refractivity contribution is 5.89. The fraction of sp³-hybridized carbons (Fsp3) is 0.933. The second kappa shape index (κ2) is 6.71. The van der Waals surface area contributed by atoms with E-state index in [2.05, 4.69) is 19.2 Å². The van der Waals surface area contributed by atoms with Crippen LogP contribution in [0, 0.1) is 0 Å². The molecule has 0 radical (unpaired) electrons. The molecule has 1 saturated heterocycles. The highest BCUT2D eigenvalue weighted by Gasteiger charge is 2.50. The summed E-state index contributed by atoms with van der Waals surface area (Å²) in [7, 11) is 0. The van der Waals surface area contributed by atoms with E-state index in [9.17, 15) is 4.79 Å². The van der Waals surface area contributed by atoms with Crippen molar-refractivity contribution in [2.45, 2.75) is 70.5 Å². The maximum Gasteiger partial charge on any atom is 0.244 e. The van der Waals surface area contributed by atoms with Gasteiger partial charge in [0.25, 0.3) is 0 Å². The second-order valence-corrected chi connectivity index (χ2v) is 5.93. The maximum absolute atomic E-state index is 12.5. The number of rotatable bonds is 7. The predicted molar refractivity (Wildman–Crippen MR) is 75.9 cm³/mol. The van der Waals surface area contributed by atoms with E-state index in [1.807, 2.05) is 4.90 Å². The van der Waals surface area contributed by atoms with Crippen LogP contribution in [-0.2, 0) is 9.53 Å². The third-order valence-corrected chi connectivity index (χ3v) is 4.41. The van der Waals surface area contributed by atoms with Gasteiger partial charge in [0.05, 0.1) is 11.7 Å². The summed E-state index contributed by atoms with van der Waals surface area (Å²) >= 11 is 0. The minimum Gasteiger partial charge on any atom is -0.381 e. The summed E-state index contributed by atoms with van der Waals surface area (Å²) in [5.74, 6) is 0.325. The Morgan fingerprint density at radius 1 is 1.32 bits per heavy atom. The normalized spacial score (nSPS) is 25.7. The van der Waals surface area contributed by atoms with Crippen molar-refractivity contribution in [3.05, 3.63) is 0 Å². The zero-order valence-corrected chi connectivity index (χ0v) is 12.4. The van der Waals surface area contributed by atoms with Crippen LogP contribution in [0.1, 0.15) is 58.8 Å². The van der Waals surface area contributed by atoms with Crippen molar-refractivity contribution in [3.8, 4) is 0 Å². The molecule has 2 fully saturated rings. The van der Waals surface area contributed by atoms with Gasteiger partial charge >= 0.3 is 0 Å². The highest BCUT2D eigenvalue weighted by Crippen LogP contribution is 2.36. The Labute approximate surface area is 116 Å². The molecule has 1 spiro atoms. The van der Waals surface area contributed by atoms with E-state index < -0.39 is 0 Å². The summed E-state index contributed by atoms with van der Waals surface area (Å²) in [6.45, 7) is 6.70. The molecule has 1 heterocycles. The molecule has 0 aromatic heterocycles. The predicted octanol–water partition coefficient (Wildman–Crippen LogP) is 2.28. The molecule has 1 aliphatic carbocycles. The van der Waals surface area contributed by atoms with Gasteiger partial charge in [-0.25, -0.2) is 0 Å². The van der Waals surface area contributed by atoms with Crippen molar-refractivity contribution in [1.29, 1.82) is 0 Å². The number of nitrogens with one attached hydrogen (secondary N) is 1. The summed E-state index contributed by atoms with van der Waals surface area (Å²) in [6.07, 6.45) is 7.81. The van der Waals surface area contributed by atoms with Crippen molar-refractivity contribution in [1.82, 2.24) is 10.2 Å². The third kappa shape index (κ3) is 3.29. The molecule has 1 amide bonds. The van der Waals surface area contributed by atoms with Crippen LogP contribution in [-0.4, -0.2) is 42.3 Å². The van der Waals surface area contributed by atoms with Crippen LogP contribution in [0.2, 0.25) is 0 Å². The molecule has 4 heteroatoms. The van der Waals surface area contributed by atoms with Crippen LogP contribution in [0.15, 0.2) is 0 Å². The van der Waals surface area contributed by atoms with Crippen LogP contribution in [0.3, 0.4) is 0 Å². The number of amides is 1. The number of hydrogen-bond acceptors (Lipinski definition) is 3. The summed E-state index contributed by atoms with van der Waals surface area (Å²) in [6, 6.07) is 0. The van der Waals surface area contributed by atoms with Crippen molar-refractivity contribution >= 4 is 5.91 Å². The van der Waals surface area contributed by atoms with E-state index in [1.54, 1.807) is 0 Å². The lowest BCUT2D eigenvalue weighted by Gasteiger charge is -2.22. The van der Waals surface area contributed by atoms with Gasteiger partial charge in [-0.05, 0) is 32.6 Å². The molecule has 1 unspecified atom stereocenters. The molecule has 1 saturated carbocycles. The molecule has 1 atom stereocenters. The van der Waals surface area contributed by atoms with Crippen LogP contribution in [0.5, 0.6) is 0 Å². The number of unbranched alkanes of at least 4 members (excludes halogenated alkanes) is 1. The minimum absolute atomic E-state index is 0.182. The summed E-state index contributed by atoms with van der Waals surface area (Å²) in [4.78, 5) is 14.5. The van der Waals surface area contributed by atoms with Gasteiger partial charge in [-0.15, -0.1) is 0 Å². The van der Waals surface area contributed by atoms with Crippen molar-refractivity contribution in [2.24, 2.45) is 0 Å². The molecule has 4 nitrogen and oxygen atoms in total. The molecule has 2 aliphatic rings. The monoisotopic (exact) mass is 268 g/mol. The van der Waals surface area contributed by atoms with E-state index in [4.69, 9.17) is 4.74 Å². The van der Waals surface area contributed by atoms with Crippen molar-refractivity contribution < 1.29 is 9.53 Å². The number of hydrogen-bond donors (Lipinski definition) is 1. The zero-order valence-electron chi connectivity index (χ0n) is 12.4. The first-order chi connectivity index (χ1) is 9.19. The van der Waals surface area contributed by atoms with Crippen molar-refractivity contribution in [2.75, 3.05) is 19.8 Å². The lowest BCUT2D eigenvalue weighted by atomic mass is 9.98. The van der Waals surface area contributed by atoms with Crippen LogP contribution in [0.25, 0.3) is 0 Å². The summed E-state index contributed by atoms with van der Waals surface area (Å²) in [5.41, 5.74) is -0.220. The first-order valence-electron chi connectivity index (χ1n) is 7.86. The molecule has 110 valence electrons. The Kier molecular flexibility index (Phi) is 5.22. The lowest BCUT2D eigenvalue weighted by Crippen LogP contribution is -2.44. The topological polar surface area (TPSA) is 41.6 Å². The van der Waals surface area contributed by atoms with Gasteiger partial charge in [-0.1, -0.05) is 26.2 Å². The van der Waals surface area contributed by atoms with E-state index in [1.165, 1.54) is 19.3 Å². The van der Waals surface area contributed by atoms with Crippen LogP contribution < -0.4 is 5.32 Å². The maximum atomic E-state index is 12.5. The average molecular weight is 268 g/mol. The second-order valence-electron chi connectivity index (χ2n) is 5.93. The quantitative estimate of drug-likeness (QED) is 0.720. The fourth-order valence-corrected chi connectivity index (χ4v) is 3.31. The third-order valence-electron chi connectivity index (χ3n) is 4.41. The molecule has 2 rings (SSSR count). The lowest BCUT2D eigenvalue weighted by molar-refractivity contribution is -0.133. The van der Waals surface area contributed by atoms with Gasteiger partial charge in [0.15, 0.2) is 0 Å². The number of carbonyl (C=O) groups is 1. The van der Waals surface area contributed by atoms with Crippen LogP contribution >= 0.6 is 0 Å². The minimum atomic E-state index is -0.220. The SMILES string of the molecule is CCCCOCCCN1C(=O)C2(CCCC2)NC1C. The first-order valence-corrected chi connectivity index (χ1v) is 7.86. The standard InChI is InChI=1S/C15H28N2O2/c1-3-4-11-19-12-7-10-17-13(2)16-15(14(17)18)8-5-6-9-15/h13,16H,3-12H2,1-2H3. The van der Waals surface area contributed by atoms with Gasteiger partial charge in [-0.3, -0.25) is 10.1 Å². The van der Waals surface area contributed by atoms with E-state index in [-0.39, 0.29) is 11.7 Å². The molecule has 0 bridgehead atoms. The summed E-state index contributed by atoms with van der Waals surface area (Å²) < 4.78 is 5.56. The Morgan fingerprint density at radius 3 is 2.68 bits per heavy atom. The van der Waals surface area contributed by atoms with E-state index in [0.717, 1.165) is 45.4 Å². The largest absolute Gasteiger partial charge is 0.381 e. The molecule has 0 aromatic carbocycles. The molecule has 1 N–H and O–H groups in total. The number of nitrogens with zero attached hydrogens (tertiary/aromatic N) is 1. The van der Waals surface area contributed by atoms with Gasteiger partial charge in [-0.2, -0.15) is 0 Å². The van der Waals surface area contributed by atoms with E-state index >= 15 is 0 Å². The smallest absolute Gasteiger partial charge is 0.244 e. The van der Waals surface area contributed by atoms with Gasteiger partial charge in [0.1, 0.15) is 0 Å². The Bertz CT molecular complexity index is 301. The Hall–Kier alpha value is -0.610. The molecule has 0 aromatic rings. The Morgan fingerprint density at radius 2 is 2.00 bits per heavy atom.